The van der Waals surface area contributed by atoms with E-state index in [1.54, 1.807) is 24.3 Å². The molecule has 1 aliphatic heterocycles. The van der Waals surface area contributed by atoms with Crippen LogP contribution in [0.4, 0.5) is 5.69 Å². The first kappa shape index (κ1) is 17.9. The maximum Gasteiger partial charge on any atom is 0.292 e. The molecule has 1 heterocycles. The summed E-state index contributed by atoms with van der Waals surface area (Å²) < 4.78 is 5.43. The highest BCUT2D eigenvalue weighted by atomic mass is 16.5. The molecule has 2 aliphatic rings. The van der Waals surface area contributed by atoms with Crippen molar-refractivity contribution in [3.63, 3.8) is 0 Å². The number of rotatable bonds is 5. The number of carbonyl (C=O) groups excluding carboxylic acids is 2. The normalized spacial score (nSPS) is 30.0. The summed E-state index contributed by atoms with van der Waals surface area (Å²) in [6.07, 6.45) is 3.90. The number of anilines is 1. The third kappa shape index (κ3) is 3.71. The number of ether oxygens (including phenoxy) is 1. The molecule has 0 spiro atoms. The van der Waals surface area contributed by atoms with Gasteiger partial charge in [-0.15, -0.1) is 0 Å². The van der Waals surface area contributed by atoms with Crippen LogP contribution in [0.5, 0.6) is 5.75 Å². The van der Waals surface area contributed by atoms with Crippen molar-refractivity contribution in [2.24, 2.45) is 11.8 Å². The maximum atomic E-state index is 12.8. The van der Waals surface area contributed by atoms with E-state index in [2.05, 4.69) is 19.2 Å². The molecule has 0 unspecified atom stereocenters. The SMILES string of the molecule is CCOc1ccc(N2C(=O)C[C@H]([NH2+][C@H]3CCC[C@H](C)[C@@H]3C)C2=O)cc1. The molecule has 1 saturated carbocycles. The summed E-state index contributed by atoms with van der Waals surface area (Å²) in [5.74, 6) is 1.82. The minimum Gasteiger partial charge on any atom is -0.494 e. The Hall–Kier alpha value is -1.88. The number of hydrogen-bond acceptors (Lipinski definition) is 3. The molecule has 1 aliphatic carbocycles. The van der Waals surface area contributed by atoms with Crippen molar-refractivity contribution in [1.29, 1.82) is 0 Å². The minimum absolute atomic E-state index is 0.0837. The molecule has 2 fully saturated rings. The summed E-state index contributed by atoms with van der Waals surface area (Å²) >= 11 is 0. The van der Waals surface area contributed by atoms with E-state index in [0.29, 0.717) is 36.6 Å². The van der Waals surface area contributed by atoms with Crippen LogP contribution in [0.3, 0.4) is 0 Å². The molecule has 5 heteroatoms. The molecular formula is C20H29N2O3+. The fourth-order valence-electron chi connectivity index (χ4n) is 4.13. The number of imide groups is 1. The minimum atomic E-state index is -0.281. The topological polar surface area (TPSA) is 63.2 Å². The third-order valence-corrected chi connectivity index (χ3v) is 5.84. The molecular weight excluding hydrogens is 316 g/mol. The zero-order valence-electron chi connectivity index (χ0n) is 15.4. The zero-order valence-corrected chi connectivity index (χ0v) is 15.4. The van der Waals surface area contributed by atoms with E-state index < -0.39 is 0 Å². The van der Waals surface area contributed by atoms with Crippen LogP contribution in [0.2, 0.25) is 0 Å². The van der Waals surface area contributed by atoms with E-state index in [4.69, 9.17) is 4.74 Å². The van der Waals surface area contributed by atoms with Gasteiger partial charge in [0, 0.05) is 5.92 Å². The Kier molecular flexibility index (Phi) is 5.42. The summed E-state index contributed by atoms with van der Waals surface area (Å²) in [6, 6.07) is 7.34. The van der Waals surface area contributed by atoms with E-state index in [0.717, 1.165) is 12.2 Å². The van der Waals surface area contributed by atoms with Crippen molar-refractivity contribution < 1.29 is 19.6 Å². The van der Waals surface area contributed by atoms with Gasteiger partial charge in [-0.05, 0) is 56.4 Å². The highest BCUT2D eigenvalue weighted by molar-refractivity contribution is 6.21. The van der Waals surface area contributed by atoms with Gasteiger partial charge in [-0.1, -0.05) is 13.8 Å². The number of amides is 2. The van der Waals surface area contributed by atoms with Crippen LogP contribution in [-0.2, 0) is 9.59 Å². The lowest BCUT2D eigenvalue weighted by molar-refractivity contribution is -0.716. The van der Waals surface area contributed by atoms with Crippen LogP contribution < -0.4 is 15.0 Å². The summed E-state index contributed by atoms with van der Waals surface area (Å²) in [7, 11) is 0. The van der Waals surface area contributed by atoms with Crippen molar-refractivity contribution in [2.75, 3.05) is 11.5 Å². The predicted molar refractivity (Wildman–Crippen MR) is 96.4 cm³/mol. The number of nitrogens with two attached hydrogens (primary N) is 1. The maximum absolute atomic E-state index is 12.8. The lowest BCUT2D eigenvalue weighted by Gasteiger charge is -2.33. The average molecular weight is 345 g/mol. The largest absolute Gasteiger partial charge is 0.494 e. The number of quaternary nitrogens is 1. The number of benzene rings is 1. The Balaban J connectivity index is 1.69. The van der Waals surface area contributed by atoms with Crippen molar-refractivity contribution in [3.8, 4) is 5.75 Å². The molecule has 136 valence electrons. The number of nitrogens with zero attached hydrogens (tertiary/aromatic N) is 1. The fraction of sp³-hybridized carbons (Fsp3) is 0.600. The van der Waals surface area contributed by atoms with Crippen LogP contribution >= 0.6 is 0 Å². The molecule has 0 bridgehead atoms. The smallest absolute Gasteiger partial charge is 0.292 e. The van der Waals surface area contributed by atoms with Gasteiger partial charge in [0.2, 0.25) is 5.91 Å². The lowest BCUT2D eigenvalue weighted by Crippen LogP contribution is -2.97. The van der Waals surface area contributed by atoms with Crippen LogP contribution in [-0.4, -0.2) is 30.5 Å². The van der Waals surface area contributed by atoms with Gasteiger partial charge in [0.15, 0.2) is 6.04 Å². The van der Waals surface area contributed by atoms with Gasteiger partial charge in [0.1, 0.15) is 5.75 Å². The van der Waals surface area contributed by atoms with Crippen LogP contribution in [0.15, 0.2) is 24.3 Å². The van der Waals surface area contributed by atoms with Gasteiger partial charge in [-0.2, -0.15) is 0 Å². The van der Waals surface area contributed by atoms with Gasteiger partial charge >= 0.3 is 0 Å². The van der Waals surface area contributed by atoms with Gasteiger partial charge in [0.25, 0.3) is 5.91 Å². The summed E-state index contributed by atoms with van der Waals surface area (Å²) in [5, 5.41) is 2.16. The Morgan fingerprint density at radius 2 is 1.88 bits per heavy atom. The molecule has 4 atom stereocenters. The Morgan fingerprint density at radius 1 is 1.16 bits per heavy atom. The standard InChI is InChI=1S/C20H28N2O3/c1-4-25-16-10-8-15(9-11-16)22-19(23)12-18(20(22)24)21-17-7-5-6-13(2)14(17)3/h8-11,13-14,17-18,21H,4-7,12H2,1-3H3/p+1/t13-,14-,17-,18-/m0/s1. The van der Waals surface area contributed by atoms with E-state index >= 15 is 0 Å². The zero-order chi connectivity index (χ0) is 18.0. The first-order chi connectivity index (χ1) is 12.0. The first-order valence-electron chi connectivity index (χ1n) is 9.46. The number of hydrogen-bond donors (Lipinski definition) is 1. The lowest BCUT2D eigenvalue weighted by atomic mass is 9.78. The predicted octanol–water partition coefficient (Wildman–Crippen LogP) is 2.11. The van der Waals surface area contributed by atoms with Crippen LogP contribution in [0.25, 0.3) is 0 Å². The summed E-state index contributed by atoms with van der Waals surface area (Å²) in [4.78, 5) is 26.6. The third-order valence-electron chi connectivity index (χ3n) is 5.84. The molecule has 1 saturated heterocycles. The van der Waals surface area contributed by atoms with Crippen molar-refractivity contribution in [3.05, 3.63) is 24.3 Å². The second-order valence-electron chi connectivity index (χ2n) is 7.43. The van der Waals surface area contributed by atoms with E-state index in [-0.39, 0.29) is 17.9 Å². The highest BCUT2D eigenvalue weighted by Gasteiger charge is 2.44. The average Bonchev–Trinajstić information content (AvgIpc) is 2.87. The second-order valence-corrected chi connectivity index (χ2v) is 7.43. The molecule has 1 aromatic carbocycles. The van der Waals surface area contributed by atoms with Crippen molar-refractivity contribution in [1.82, 2.24) is 0 Å². The molecule has 0 radical (unpaired) electrons. The van der Waals surface area contributed by atoms with E-state index in [1.807, 2.05) is 6.92 Å². The Labute approximate surface area is 149 Å². The number of carbonyl (C=O) groups is 2. The van der Waals surface area contributed by atoms with E-state index in [9.17, 15) is 9.59 Å². The Bertz CT molecular complexity index is 628. The van der Waals surface area contributed by atoms with Gasteiger partial charge in [-0.25, -0.2) is 4.90 Å². The first-order valence-corrected chi connectivity index (χ1v) is 9.46. The summed E-state index contributed by atoms with van der Waals surface area (Å²) in [5.41, 5.74) is 0.638. The van der Waals surface area contributed by atoms with E-state index in [1.165, 1.54) is 17.7 Å². The van der Waals surface area contributed by atoms with Crippen LogP contribution in [0, 0.1) is 11.8 Å². The van der Waals surface area contributed by atoms with Crippen molar-refractivity contribution in [2.45, 2.75) is 58.5 Å². The highest BCUT2D eigenvalue weighted by Crippen LogP contribution is 2.29. The molecule has 1 aromatic rings. The monoisotopic (exact) mass is 345 g/mol. The molecule has 3 rings (SSSR count). The molecule has 2 N–H and O–H groups in total. The van der Waals surface area contributed by atoms with Gasteiger partial charge in [-0.3, -0.25) is 9.59 Å². The molecule has 2 amide bonds. The molecule has 0 aromatic heterocycles. The summed E-state index contributed by atoms with van der Waals surface area (Å²) in [6.45, 7) is 7.08. The molecule has 25 heavy (non-hydrogen) atoms. The quantitative estimate of drug-likeness (QED) is 0.832. The fourth-order valence-corrected chi connectivity index (χ4v) is 4.13. The molecule has 5 nitrogen and oxygen atoms in total. The van der Waals surface area contributed by atoms with Gasteiger partial charge in [0.05, 0.1) is 24.8 Å². The Morgan fingerprint density at radius 3 is 2.56 bits per heavy atom. The van der Waals surface area contributed by atoms with Crippen molar-refractivity contribution >= 4 is 17.5 Å². The van der Waals surface area contributed by atoms with Gasteiger partial charge < -0.3 is 10.1 Å². The second kappa shape index (κ2) is 7.56. The van der Waals surface area contributed by atoms with Crippen LogP contribution in [0.1, 0.15) is 46.5 Å².